The van der Waals surface area contributed by atoms with Crippen molar-refractivity contribution in [1.82, 2.24) is 4.90 Å². The van der Waals surface area contributed by atoms with Crippen molar-refractivity contribution in [3.63, 3.8) is 0 Å². The van der Waals surface area contributed by atoms with Crippen molar-refractivity contribution >= 4 is 11.6 Å². The molecule has 0 bridgehead atoms. The summed E-state index contributed by atoms with van der Waals surface area (Å²) in [5.41, 5.74) is 3.45. The quantitative estimate of drug-likeness (QED) is 0.875. The normalized spacial score (nSPS) is 16.6. The maximum Gasteiger partial charge on any atom is 0.226 e. The van der Waals surface area contributed by atoms with Crippen LogP contribution in [-0.4, -0.2) is 35.1 Å². The summed E-state index contributed by atoms with van der Waals surface area (Å²) < 4.78 is 0. The van der Waals surface area contributed by atoms with E-state index in [1.807, 2.05) is 26.0 Å². The molecule has 0 saturated carbocycles. The number of likely N-dealkylation sites (N-methyl/N-ethyl adjacent to an activating group) is 1. The first-order valence-corrected chi connectivity index (χ1v) is 7.82. The number of fused-ring (bicyclic) bond motifs is 1. The van der Waals surface area contributed by atoms with Crippen molar-refractivity contribution < 1.29 is 9.90 Å². The third kappa shape index (κ3) is 4.05. The number of benzene rings is 1. The lowest BCUT2D eigenvalue weighted by molar-refractivity contribution is -0.118. The van der Waals surface area contributed by atoms with Crippen molar-refractivity contribution in [3.8, 4) is 0 Å². The summed E-state index contributed by atoms with van der Waals surface area (Å²) in [7, 11) is 0. The number of carbonyl (C=O) groups excluding carboxylic acids is 1. The first kappa shape index (κ1) is 16.0. The van der Waals surface area contributed by atoms with Gasteiger partial charge in [-0.2, -0.15) is 0 Å². The standard InChI is InChI=1S/C17H26N2O2/c1-4-19-9-8-14-13(11-19)6-5-7-15(14)18-17(21)10-16(20)12(2)3/h5-7,12,16,20H,4,8-11H2,1-3H3,(H,18,21). The summed E-state index contributed by atoms with van der Waals surface area (Å²) in [6.45, 7) is 9.04. The van der Waals surface area contributed by atoms with E-state index in [9.17, 15) is 9.90 Å². The van der Waals surface area contributed by atoms with E-state index in [4.69, 9.17) is 0 Å². The van der Waals surface area contributed by atoms with E-state index >= 15 is 0 Å². The van der Waals surface area contributed by atoms with Crippen molar-refractivity contribution in [2.75, 3.05) is 18.4 Å². The van der Waals surface area contributed by atoms with Gasteiger partial charge in [0.15, 0.2) is 0 Å². The summed E-state index contributed by atoms with van der Waals surface area (Å²) in [6.07, 6.45) is 0.537. The van der Waals surface area contributed by atoms with Crippen LogP contribution in [0.2, 0.25) is 0 Å². The van der Waals surface area contributed by atoms with Crippen LogP contribution >= 0.6 is 0 Å². The smallest absolute Gasteiger partial charge is 0.226 e. The molecule has 2 N–H and O–H groups in total. The highest BCUT2D eigenvalue weighted by molar-refractivity contribution is 5.92. The molecule has 0 saturated heterocycles. The highest BCUT2D eigenvalue weighted by atomic mass is 16.3. The monoisotopic (exact) mass is 290 g/mol. The Bertz CT molecular complexity index is 500. The first-order chi connectivity index (χ1) is 10.0. The van der Waals surface area contributed by atoms with E-state index in [-0.39, 0.29) is 18.2 Å². The van der Waals surface area contributed by atoms with Crippen LogP contribution in [0.25, 0.3) is 0 Å². The predicted octanol–water partition coefficient (Wildman–Crippen LogP) is 2.41. The molecular formula is C17H26N2O2. The van der Waals surface area contributed by atoms with Crippen LogP contribution in [0.5, 0.6) is 0 Å². The van der Waals surface area contributed by atoms with Crippen LogP contribution in [0, 0.1) is 5.92 Å². The van der Waals surface area contributed by atoms with Gasteiger partial charge in [0.1, 0.15) is 0 Å². The van der Waals surface area contributed by atoms with Crippen LogP contribution in [0.15, 0.2) is 18.2 Å². The molecule has 0 aromatic heterocycles. The van der Waals surface area contributed by atoms with Gasteiger partial charge in [-0.1, -0.05) is 32.9 Å². The fourth-order valence-corrected chi connectivity index (χ4v) is 2.68. The molecule has 0 spiro atoms. The average molecular weight is 290 g/mol. The lowest BCUT2D eigenvalue weighted by Crippen LogP contribution is -2.31. The number of nitrogens with zero attached hydrogens (tertiary/aromatic N) is 1. The Kier molecular flexibility index (Phi) is 5.37. The lowest BCUT2D eigenvalue weighted by Gasteiger charge is -2.29. The Labute approximate surface area is 127 Å². The van der Waals surface area contributed by atoms with Crippen LogP contribution in [-0.2, 0) is 17.8 Å². The van der Waals surface area contributed by atoms with E-state index < -0.39 is 6.10 Å². The molecule has 0 radical (unpaired) electrons. The predicted molar refractivity (Wildman–Crippen MR) is 85.2 cm³/mol. The molecule has 1 amide bonds. The topological polar surface area (TPSA) is 52.6 Å². The van der Waals surface area contributed by atoms with Crippen LogP contribution < -0.4 is 5.32 Å². The molecule has 0 aliphatic carbocycles. The molecule has 2 rings (SSSR count). The number of hydrogen-bond acceptors (Lipinski definition) is 3. The Hall–Kier alpha value is -1.39. The Morgan fingerprint density at radius 2 is 2.19 bits per heavy atom. The van der Waals surface area contributed by atoms with E-state index in [0.717, 1.165) is 31.7 Å². The van der Waals surface area contributed by atoms with Gasteiger partial charge < -0.3 is 10.4 Å². The Morgan fingerprint density at radius 3 is 2.86 bits per heavy atom. The molecule has 4 heteroatoms. The van der Waals surface area contributed by atoms with Gasteiger partial charge in [-0.3, -0.25) is 9.69 Å². The first-order valence-electron chi connectivity index (χ1n) is 7.82. The number of rotatable bonds is 5. The van der Waals surface area contributed by atoms with E-state index in [1.165, 1.54) is 11.1 Å². The minimum absolute atomic E-state index is 0.0959. The Balaban J connectivity index is 2.06. The zero-order valence-electron chi connectivity index (χ0n) is 13.2. The zero-order valence-corrected chi connectivity index (χ0v) is 13.2. The van der Waals surface area contributed by atoms with Crippen LogP contribution in [0.3, 0.4) is 0 Å². The highest BCUT2D eigenvalue weighted by Crippen LogP contribution is 2.26. The molecule has 116 valence electrons. The summed E-state index contributed by atoms with van der Waals surface area (Å²) in [4.78, 5) is 14.5. The van der Waals surface area contributed by atoms with Gasteiger partial charge in [0.2, 0.25) is 5.91 Å². The molecule has 4 nitrogen and oxygen atoms in total. The fourth-order valence-electron chi connectivity index (χ4n) is 2.68. The van der Waals surface area contributed by atoms with Gasteiger partial charge in [0.05, 0.1) is 12.5 Å². The van der Waals surface area contributed by atoms with Crippen molar-refractivity contribution in [1.29, 1.82) is 0 Å². The number of aliphatic hydroxyl groups is 1. The SMILES string of the molecule is CCN1CCc2c(cccc2NC(=O)CC(O)C(C)C)C1. The molecule has 1 aromatic carbocycles. The molecule has 1 unspecified atom stereocenters. The van der Waals surface area contributed by atoms with Gasteiger partial charge in [0, 0.05) is 18.8 Å². The largest absolute Gasteiger partial charge is 0.392 e. The van der Waals surface area contributed by atoms with Crippen LogP contribution in [0.4, 0.5) is 5.69 Å². The molecule has 21 heavy (non-hydrogen) atoms. The second-order valence-corrected chi connectivity index (χ2v) is 6.13. The van der Waals surface area contributed by atoms with Gasteiger partial charge in [-0.05, 0) is 36.1 Å². The van der Waals surface area contributed by atoms with Crippen molar-refractivity contribution in [2.45, 2.75) is 46.3 Å². The Morgan fingerprint density at radius 1 is 1.43 bits per heavy atom. The van der Waals surface area contributed by atoms with Gasteiger partial charge in [-0.25, -0.2) is 0 Å². The molecule has 1 atom stereocenters. The van der Waals surface area contributed by atoms with Crippen molar-refractivity contribution in [2.24, 2.45) is 5.92 Å². The van der Waals surface area contributed by atoms with Gasteiger partial charge in [0.25, 0.3) is 0 Å². The molecule has 1 aromatic rings. The number of nitrogens with one attached hydrogen (secondary N) is 1. The zero-order chi connectivity index (χ0) is 15.4. The average Bonchev–Trinajstić information content (AvgIpc) is 2.46. The second-order valence-electron chi connectivity index (χ2n) is 6.13. The number of hydrogen-bond donors (Lipinski definition) is 2. The highest BCUT2D eigenvalue weighted by Gasteiger charge is 2.19. The number of anilines is 1. The van der Waals surface area contributed by atoms with E-state index in [1.54, 1.807) is 0 Å². The number of amides is 1. The second kappa shape index (κ2) is 7.05. The summed E-state index contributed by atoms with van der Waals surface area (Å²) >= 11 is 0. The third-order valence-electron chi connectivity index (χ3n) is 4.23. The summed E-state index contributed by atoms with van der Waals surface area (Å²) in [5, 5.41) is 12.8. The minimum atomic E-state index is -0.583. The van der Waals surface area contributed by atoms with E-state index in [0.29, 0.717) is 0 Å². The number of carbonyl (C=O) groups is 1. The van der Waals surface area contributed by atoms with Crippen molar-refractivity contribution in [3.05, 3.63) is 29.3 Å². The minimum Gasteiger partial charge on any atom is -0.392 e. The third-order valence-corrected chi connectivity index (χ3v) is 4.23. The fraction of sp³-hybridized carbons (Fsp3) is 0.588. The van der Waals surface area contributed by atoms with Gasteiger partial charge in [-0.15, -0.1) is 0 Å². The van der Waals surface area contributed by atoms with Gasteiger partial charge >= 0.3 is 0 Å². The maximum atomic E-state index is 12.1. The molecule has 1 aliphatic heterocycles. The summed E-state index contributed by atoms with van der Waals surface area (Å²) in [5.74, 6) is -0.0129. The molecule has 1 aliphatic rings. The van der Waals surface area contributed by atoms with Crippen LogP contribution in [0.1, 0.15) is 38.3 Å². The lowest BCUT2D eigenvalue weighted by atomic mass is 9.97. The number of aliphatic hydroxyl groups excluding tert-OH is 1. The molecular weight excluding hydrogens is 264 g/mol. The molecule has 0 fully saturated rings. The maximum absolute atomic E-state index is 12.1. The van der Waals surface area contributed by atoms with E-state index in [2.05, 4.69) is 23.2 Å². The molecule has 1 heterocycles. The summed E-state index contributed by atoms with van der Waals surface area (Å²) in [6, 6.07) is 6.09.